The second kappa shape index (κ2) is 5.77. The molecule has 0 aliphatic rings. The summed E-state index contributed by atoms with van der Waals surface area (Å²) in [6, 6.07) is 1.79. The third-order valence-electron chi connectivity index (χ3n) is 3.16. The average Bonchev–Trinajstić information content (AvgIpc) is 2.50. The minimum atomic E-state index is -1.37. The predicted molar refractivity (Wildman–Crippen MR) is 76.2 cm³/mol. The van der Waals surface area contributed by atoms with E-state index < -0.39 is 46.6 Å². The molecular formula is C13H11N3O7. The summed E-state index contributed by atoms with van der Waals surface area (Å²) in [5.74, 6) is 1.32. The van der Waals surface area contributed by atoms with Crippen LogP contribution in [0, 0.1) is 0 Å². The lowest BCUT2D eigenvalue weighted by Crippen LogP contribution is -2.36. The number of hydrazine groups is 1. The van der Waals surface area contributed by atoms with Crippen molar-refractivity contribution in [1.82, 2.24) is 9.99 Å². The van der Waals surface area contributed by atoms with E-state index in [0.717, 1.165) is 16.7 Å². The molecule has 1 amide bonds. The van der Waals surface area contributed by atoms with Crippen molar-refractivity contribution in [2.45, 2.75) is 6.54 Å². The molecule has 120 valence electrons. The molecular weight excluding hydrogens is 310 g/mol. The molecule has 0 aliphatic carbocycles. The zero-order valence-corrected chi connectivity index (χ0v) is 11.4. The molecule has 0 bridgehead atoms. The fourth-order valence-corrected chi connectivity index (χ4v) is 2.21. The first kappa shape index (κ1) is 16.0. The van der Waals surface area contributed by atoms with Gasteiger partial charge in [0.15, 0.2) is 17.8 Å². The molecule has 1 heterocycles. The van der Waals surface area contributed by atoms with E-state index in [1.165, 1.54) is 0 Å². The van der Waals surface area contributed by atoms with Crippen molar-refractivity contribution in [1.29, 1.82) is 0 Å². The van der Waals surface area contributed by atoms with Gasteiger partial charge in [-0.25, -0.2) is 5.84 Å². The van der Waals surface area contributed by atoms with Gasteiger partial charge in [-0.1, -0.05) is 0 Å². The number of aliphatic carboxylic acids is 1. The molecule has 2 aromatic rings. The molecule has 0 aliphatic heterocycles. The molecule has 0 unspecified atom stereocenters. The highest BCUT2D eigenvalue weighted by atomic mass is 16.4. The SMILES string of the molecule is NNC(=O)c1c(C=O)c(=O)c2cc(O)c(O)cc2n1CC(=O)O. The van der Waals surface area contributed by atoms with Gasteiger partial charge >= 0.3 is 5.97 Å². The molecule has 0 spiro atoms. The molecule has 23 heavy (non-hydrogen) atoms. The number of benzene rings is 1. The average molecular weight is 321 g/mol. The molecule has 0 radical (unpaired) electrons. The van der Waals surface area contributed by atoms with Gasteiger partial charge < -0.3 is 19.9 Å². The maximum absolute atomic E-state index is 12.3. The first-order valence-corrected chi connectivity index (χ1v) is 6.12. The Labute approximate surface area is 127 Å². The number of carbonyl (C=O) groups excluding carboxylic acids is 2. The molecule has 2 rings (SSSR count). The van der Waals surface area contributed by atoms with Crippen LogP contribution in [0.3, 0.4) is 0 Å². The smallest absolute Gasteiger partial charge is 0.323 e. The largest absolute Gasteiger partial charge is 0.504 e. The first-order valence-electron chi connectivity index (χ1n) is 6.12. The van der Waals surface area contributed by atoms with Crippen molar-refractivity contribution < 1.29 is 29.7 Å². The fourth-order valence-electron chi connectivity index (χ4n) is 2.21. The topological polar surface area (TPSA) is 172 Å². The number of hydrogen-bond acceptors (Lipinski definition) is 7. The summed E-state index contributed by atoms with van der Waals surface area (Å²) in [5.41, 5.74) is -0.523. The first-order chi connectivity index (χ1) is 10.8. The lowest BCUT2D eigenvalue weighted by Gasteiger charge is -2.16. The molecule has 0 fully saturated rings. The number of aromatic nitrogens is 1. The number of fused-ring (bicyclic) bond motifs is 1. The van der Waals surface area contributed by atoms with Crippen molar-refractivity contribution >= 4 is 29.1 Å². The van der Waals surface area contributed by atoms with E-state index in [-0.39, 0.29) is 17.2 Å². The molecule has 1 aromatic heterocycles. The van der Waals surface area contributed by atoms with Crippen LogP contribution in [-0.4, -0.2) is 38.0 Å². The Morgan fingerprint density at radius 2 is 1.87 bits per heavy atom. The number of carboxylic acid groups (broad SMARTS) is 1. The van der Waals surface area contributed by atoms with Gasteiger partial charge in [-0.15, -0.1) is 0 Å². The fraction of sp³-hybridized carbons (Fsp3) is 0.0769. The van der Waals surface area contributed by atoms with Crippen LogP contribution in [0.1, 0.15) is 20.8 Å². The lowest BCUT2D eigenvalue weighted by atomic mass is 10.1. The quantitative estimate of drug-likeness (QED) is 0.155. The predicted octanol–water partition coefficient (Wildman–Crippen LogP) is -1.09. The van der Waals surface area contributed by atoms with Crippen LogP contribution >= 0.6 is 0 Å². The van der Waals surface area contributed by atoms with Gasteiger partial charge in [0.25, 0.3) is 5.91 Å². The number of amides is 1. The van der Waals surface area contributed by atoms with E-state index in [4.69, 9.17) is 10.9 Å². The van der Waals surface area contributed by atoms with E-state index >= 15 is 0 Å². The van der Waals surface area contributed by atoms with Gasteiger partial charge in [-0.2, -0.15) is 0 Å². The molecule has 6 N–H and O–H groups in total. The van der Waals surface area contributed by atoms with Gasteiger partial charge in [-0.05, 0) is 6.07 Å². The Kier molecular flexibility index (Phi) is 4.01. The summed E-state index contributed by atoms with van der Waals surface area (Å²) in [6.45, 7) is -0.787. The Morgan fingerprint density at radius 1 is 1.26 bits per heavy atom. The van der Waals surface area contributed by atoms with Crippen LogP contribution in [0.15, 0.2) is 16.9 Å². The molecule has 0 saturated heterocycles. The lowest BCUT2D eigenvalue weighted by molar-refractivity contribution is -0.137. The van der Waals surface area contributed by atoms with Crippen molar-refractivity contribution in [2.75, 3.05) is 0 Å². The van der Waals surface area contributed by atoms with E-state index in [0.29, 0.717) is 0 Å². The molecule has 10 heteroatoms. The van der Waals surface area contributed by atoms with Crippen molar-refractivity contribution in [3.8, 4) is 11.5 Å². The van der Waals surface area contributed by atoms with Crippen LogP contribution in [0.4, 0.5) is 0 Å². The number of nitrogens with zero attached hydrogens (tertiary/aromatic N) is 1. The van der Waals surface area contributed by atoms with Crippen LogP contribution in [0.5, 0.6) is 11.5 Å². The zero-order chi connectivity index (χ0) is 17.3. The van der Waals surface area contributed by atoms with Gasteiger partial charge in [0.2, 0.25) is 5.43 Å². The normalized spacial score (nSPS) is 10.5. The maximum atomic E-state index is 12.3. The standard InChI is InChI=1S/C13H11N3O7/c14-15-13(23)11-6(4-17)12(22)5-1-8(18)9(19)2-7(5)16(11)3-10(20)21/h1-2,4,18-19H,3,14H2,(H,15,23)(H,20,21). The molecule has 10 nitrogen and oxygen atoms in total. The number of carbonyl (C=O) groups is 3. The number of nitrogens with one attached hydrogen (secondary N) is 1. The highest BCUT2D eigenvalue weighted by Crippen LogP contribution is 2.29. The number of rotatable bonds is 4. The van der Waals surface area contributed by atoms with Gasteiger partial charge in [0.1, 0.15) is 12.2 Å². The number of phenols is 2. The third kappa shape index (κ3) is 2.58. The van der Waals surface area contributed by atoms with E-state index in [1.807, 2.05) is 0 Å². The minimum Gasteiger partial charge on any atom is -0.504 e. The van der Waals surface area contributed by atoms with Gasteiger partial charge in [0, 0.05) is 6.07 Å². The molecule has 0 atom stereocenters. The highest BCUT2D eigenvalue weighted by Gasteiger charge is 2.24. The van der Waals surface area contributed by atoms with Gasteiger partial charge in [0.05, 0.1) is 16.5 Å². The summed E-state index contributed by atoms with van der Waals surface area (Å²) >= 11 is 0. The van der Waals surface area contributed by atoms with Crippen molar-refractivity contribution in [2.24, 2.45) is 5.84 Å². The summed E-state index contributed by atoms with van der Waals surface area (Å²) in [4.78, 5) is 46.4. The number of aromatic hydroxyl groups is 2. The van der Waals surface area contributed by atoms with Gasteiger partial charge in [-0.3, -0.25) is 24.6 Å². The Hall–Kier alpha value is -3.40. The van der Waals surface area contributed by atoms with Crippen molar-refractivity contribution in [3.63, 3.8) is 0 Å². The number of phenolic OH excluding ortho intramolecular Hbond substituents is 2. The second-order valence-electron chi connectivity index (χ2n) is 4.52. The molecule has 1 aromatic carbocycles. The summed E-state index contributed by atoms with van der Waals surface area (Å²) in [7, 11) is 0. The number of pyridine rings is 1. The number of nitrogen functional groups attached to an aromatic ring is 1. The third-order valence-corrected chi connectivity index (χ3v) is 3.16. The maximum Gasteiger partial charge on any atom is 0.323 e. The Morgan fingerprint density at radius 3 is 2.39 bits per heavy atom. The summed E-state index contributed by atoms with van der Waals surface area (Å²) in [5, 5.41) is 27.8. The number of nitrogens with two attached hydrogens (primary N) is 1. The van der Waals surface area contributed by atoms with E-state index in [9.17, 15) is 29.4 Å². The summed E-state index contributed by atoms with van der Waals surface area (Å²) < 4.78 is 0.837. The minimum absolute atomic E-state index is 0.0919. The zero-order valence-electron chi connectivity index (χ0n) is 11.4. The summed E-state index contributed by atoms with van der Waals surface area (Å²) in [6.07, 6.45) is 0.0919. The van der Waals surface area contributed by atoms with Crippen LogP contribution in [0.2, 0.25) is 0 Å². The number of hydrogen-bond donors (Lipinski definition) is 5. The van der Waals surface area contributed by atoms with Crippen LogP contribution in [0.25, 0.3) is 10.9 Å². The Bertz CT molecular complexity index is 901. The number of aldehydes is 1. The van der Waals surface area contributed by atoms with Crippen molar-refractivity contribution in [3.05, 3.63) is 33.6 Å². The second-order valence-corrected chi connectivity index (χ2v) is 4.52. The Balaban J connectivity index is 3.09. The monoisotopic (exact) mass is 321 g/mol. The highest BCUT2D eigenvalue weighted by molar-refractivity contribution is 6.03. The van der Waals surface area contributed by atoms with Crippen LogP contribution < -0.4 is 16.7 Å². The molecule has 0 saturated carbocycles. The van der Waals surface area contributed by atoms with E-state index in [2.05, 4.69) is 0 Å². The van der Waals surface area contributed by atoms with Crippen LogP contribution in [-0.2, 0) is 11.3 Å². The van der Waals surface area contributed by atoms with E-state index in [1.54, 1.807) is 5.43 Å². The number of carboxylic acids is 1.